The van der Waals surface area contributed by atoms with Crippen LogP contribution in [0.2, 0.25) is 0 Å². The highest BCUT2D eigenvalue weighted by molar-refractivity contribution is 7.79. The van der Waals surface area contributed by atoms with Crippen LogP contribution in [0.5, 0.6) is 0 Å². The van der Waals surface area contributed by atoms with Gasteiger partial charge in [-0.15, -0.1) is 0 Å². The molecule has 0 radical (unpaired) electrons. The second-order valence-electron chi connectivity index (χ2n) is 3.18. The van der Waals surface area contributed by atoms with Gasteiger partial charge in [-0.05, 0) is 11.1 Å². The molecule has 2 aromatic carbocycles. The third-order valence-corrected chi connectivity index (χ3v) is 1.88. The van der Waals surface area contributed by atoms with Crippen molar-refractivity contribution in [1.29, 1.82) is 0 Å². The highest BCUT2D eigenvalue weighted by Crippen LogP contribution is 2.17. The van der Waals surface area contributed by atoms with E-state index in [1.165, 1.54) is 11.1 Å². The van der Waals surface area contributed by atoms with E-state index in [9.17, 15) is 0 Å². The first kappa shape index (κ1) is 13.4. The Balaban J connectivity index is 0.000000249. The normalized spacial score (nSPS) is 10.2. The van der Waals surface area contributed by atoms with E-state index in [2.05, 4.69) is 48.5 Å². The van der Waals surface area contributed by atoms with Crippen molar-refractivity contribution in [1.82, 2.24) is 0 Å². The minimum absolute atomic E-state index is 1.28. The van der Waals surface area contributed by atoms with E-state index in [1.807, 2.05) is 12.1 Å². The Morgan fingerprint density at radius 2 is 0.882 bits per heavy atom. The molecule has 0 spiro atoms. The second kappa shape index (κ2) is 6.15. The lowest BCUT2D eigenvalue weighted by Crippen LogP contribution is -1.89. The Kier molecular flexibility index (Phi) is 4.84. The Bertz CT molecular complexity index is 490. The largest absolute Gasteiger partial charge is 0.394 e. The topological polar surface area (TPSA) is 74.6 Å². The molecule has 0 heterocycles. The van der Waals surface area contributed by atoms with E-state index in [0.717, 1.165) is 0 Å². The predicted octanol–water partition coefficient (Wildman–Crippen LogP) is 2.70. The van der Waals surface area contributed by atoms with Crippen molar-refractivity contribution in [2.24, 2.45) is 0 Å². The van der Waals surface area contributed by atoms with Gasteiger partial charge >= 0.3 is 10.4 Å². The first-order chi connectivity index (χ1) is 7.97. The summed E-state index contributed by atoms with van der Waals surface area (Å²) >= 11 is 0. The summed E-state index contributed by atoms with van der Waals surface area (Å²) in [5, 5.41) is 0. The highest BCUT2D eigenvalue weighted by Gasteiger charge is 1.91. The molecule has 0 saturated carbocycles. The summed E-state index contributed by atoms with van der Waals surface area (Å²) in [7, 11) is -4.67. The van der Waals surface area contributed by atoms with E-state index < -0.39 is 10.4 Å². The molecule has 5 heteroatoms. The maximum Gasteiger partial charge on any atom is 0.394 e. The van der Waals surface area contributed by atoms with Gasteiger partial charge in [0.15, 0.2) is 0 Å². The maximum absolute atomic E-state index is 8.74. The van der Waals surface area contributed by atoms with Crippen molar-refractivity contribution in [3.8, 4) is 11.1 Å². The fourth-order valence-electron chi connectivity index (χ4n) is 1.26. The molecule has 4 nitrogen and oxygen atoms in total. The zero-order valence-corrected chi connectivity index (χ0v) is 9.71. The SMILES string of the molecule is O=S(=O)(O)O.c1ccc(-c2ccccc2)cc1. The van der Waals surface area contributed by atoms with E-state index in [1.54, 1.807) is 0 Å². The lowest BCUT2D eigenvalue weighted by Gasteiger charge is -1.98. The molecule has 0 aromatic heterocycles. The summed E-state index contributed by atoms with van der Waals surface area (Å²) in [6, 6.07) is 20.8. The smallest absolute Gasteiger partial charge is 0.264 e. The molecule has 0 unspecified atom stereocenters. The molecule has 2 rings (SSSR count). The summed E-state index contributed by atoms with van der Waals surface area (Å²) in [4.78, 5) is 0. The average molecular weight is 252 g/mol. The van der Waals surface area contributed by atoms with E-state index >= 15 is 0 Å². The molecular formula is C12H12O4S. The van der Waals surface area contributed by atoms with Crippen LogP contribution < -0.4 is 0 Å². The average Bonchev–Trinajstić information content (AvgIpc) is 2.29. The lowest BCUT2D eigenvalue weighted by molar-refractivity contribution is 0.381. The third kappa shape index (κ3) is 6.47. The monoisotopic (exact) mass is 252 g/mol. The van der Waals surface area contributed by atoms with Gasteiger partial charge in [0.05, 0.1) is 0 Å². The fraction of sp³-hybridized carbons (Fsp3) is 0. The van der Waals surface area contributed by atoms with Crippen molar-refractivity contribution in [2.75, 3.05) is 0 Å². The number of rotatable bonds is 1. The minimum atomic E-state index is -4.67. The van der Waals surface area contributed by atoms with Crippen LogP contribution in [0.25, 0.3) is 11.1 Å². The van der Waals surface area contributed by atoms with Gasteiger partial charge in [-0.1, -0.05) is 60.7 Å². The highest BCUT2D eigenvalue weighted by atomic mass is 32.3. The van der Waals surface area contributed by atoms with Gasteiger partial charge < -0.3 is 0 Å². The molecule has 90 valence electrons. The molecular weight excluding hydrogens is 240 g/mol. The quantitative estimate of drug-likeness (QED) is 0.765. The Hall–Kier alpha value is -1.69. The molecule has 0 aliphatic carbocycles. The Morgan fingerprint density at radius 3 is 1.12 bits per heavy atom. The molecule has 2 N–H and O–H groups in total. The first-order valence-electron chi connectivity index (χ1n) is 4.77. The Morgan fingerprint density at radius 1 is 0.647 bits per heavy atom. The lowest BCUT2D eigenvalue weighted by atomic mass is 10.1. The van der Waals surface area contributed by atoms with Crippen LogP contribution >= 0.6 is 0 Å². The number of hydrogen-bond donors (Lipinski definition) is 2. The van der Waals surface area contributed by atoms with Crippen LogP contribution in [0.15, 0.2) is 60.7 Å². The van der Waals surface area contributed by atoms with Gasteiger partial charge in [-0.25, -0.2) is 0 Å². The molecule has 17 heavy (non-hydrogen) atoms. The third-order valence-electron chi connectivity index (χ3n) is 1.88. The minimum Gasteiger partial charge on any atom is -0.264 e. The molecule has 0 bridgehead atoms. The van der Waals surface area contributed by atoms with Crippen LogP contribution in [-0.2, 0) is 10.4 Å². The predicted molar refractivity (Wildman–Crippen MR) is 66.1 cm³/mol. The molecule has 0 saturated heterocycles. The van der Waals surface area contributed by atoms with Crippen LogP contribution in [-0.4, -0.2) is 17.5 Å². The summed E-state index contributed by atoms with van der Waals surface area (Å²) in [5.74, 6) is 0. The zero-order valence-electron chi connectivity index (χ0n) is 8.89. The molecule has 0 aliphatic rings. The molecule has 0 atom stereocenters. The molecule has 0 fully saturated rings. The molecule has 0 aliphatic heterocycles. The van der Waals surface area contributed by atoms with Crippen LogP contribution in [0.1, 0.15) is 0 Å². The number of hydrogen-bond acceptors (Lipinski definition) is 2. The summed E-state index contributed by atoms with van der Waals surface area (Å²) in [6.07, 6.45) is 0. The number of benzene rings is 2. The van der Waals surface area contributed by atoms with Gasteiger partial charge in [-0.2, -0.15) is 8.42 Å². The van der Waals surface area contributed by atoms with Gasteiger partial charge in [0, 0.05) is 0 Å². The van der Waals surface area contributed by atoms with E-state index in [0.29, 0.717) is 0 Å². The standard InChI is InChI=1S/C12H10.H2O4S/c1-3-7-11(8-4-1)12-9-5-2-6-10-12;1-5(2,3)4/h1-10H;(H2,1,2,3,4). The van der Waals surface area contributed by atoms with E-state index in [-0.39, 0.29) is 0 Å². The molecule has 0 amide bonds. The first-order valence-corrected chi connectivity index (χ1v) is 6.17. The van der Waals surface area contributed by atoms with Crippen molar-refractivity contribution in [3.63, 3.8) is 0 Å². The Labute approximate surface area is 100 Å². The fourth-order valence-corrected chi connectivity index (χ4v) is 1.26. The maximum atomic E-state index is 8.74. The summed E-state index contributed by atoms with van der Waals surface area (Å²) in [5.41, 5.74) is 2.55. The zero-order chi connectivity index (χ0) is 12.7. The van der Waals surface area contributed by atoms with Crippen LogP contribution in [0.3, 0.4) is 0 Å². The summed E-state index contributed by atoms with van der Waals surface area (Å²) in [6.45, 7) is 0. The van der Waals surface area contributed by atoms with Crippen LogP contribution in [0.4, 0.5) is 0 Å². The van der Waals surface area contributed by atoms with Crippen molar-refractivity contribution in [3.05, 3.63) is 60.7 Å². The van der Waals surface area contributed by atoms with Gasteiger partial charge in [-0.3, -0.25) is 9.11 Å². The van der Waals surface area contributed by atoms with Crippen LogP contribution in [0, 0.1) is 0 Å². The van der Waals surface area contributed by atoms with Crippen molar-refractivity contribution >= 4 is 10.4 Å². The van der Waals surface area contributed by atoms with Gasteiger partial charge in [0.2, 0.25) is 0 Å². The second-order valence-corrected chi connectivity index (χ2v) is 4.08. The van der Waals surface area contributed by atoms with Crippen molar-refractivity contribution < 1.29 is 17.5 Å². The molecule has 2 aromatic rings. The van der Waals surface area contributed by atoms with Gasteiger partial charge in [0.1, 0.15) is 0 Å². The summed E-state index contributed by atoms with van der Waals surface area (Å²) < 4.78 is 31.6. The van der Waals surface area contributed by atoms with Gasteiger partial charge in [0.25, 0.3) is 0 Å². The van der Waals surface area contributed by atoms with E-state index in [4.69, 9.17) is 17.5 Å². The van der Waals surface area contributed by atoms with Crippen molar-refractivity contribution in [2.45, 2.75) is 0 Å².